The molecule has 2 heterocycles. The van der Waals surface area contributed by atoms with Crippen LogP contribution in [0.2, 0.25) is 0 Å². The van der Waals surface area contributed by atoms with Crippen molar-refractivity contribution in [3.05, 3.63) is 181 Å². The zero-order chi connectivity index (χ0) is 37.8. The van der Waals surface area contributed by atoms with E-state index < -0.39 is 0 Å². The SMILES string of the molecule is CC1(C)CCC(C)(C)c2cc3c(cc21)c1cc2c4c5ccccc5ccc4n(-c4cccc(-c5ccccc5-c5ccccc5)c4)c2cc1n3-c1ccccc1. The van der Waals surface area contributed by atoms with Crippen molar-refractivity contribution < 1.29 is 0 Å². The van der Waals surface area contributed by atoms with E-state index in [1.807, 2.05) is 0 Å². The number of hydrogen-bond donors (Lipinski definition) is 0. The third-order valence-electron chi connectivity index (χ3n) is 13.0. The van der Waals surface area contributed by atoms with E-state index in [1.54, 1.807) is 0 Å². The first-order valence-electron chi connectivity index (χ1n) is 20.1. The summed E-state index contributed by atoms with van der Waals surface area (Å²) in [6.07, 6.45) is 2.38. The van der Waals surface area contributed by atoms with Crippen LogP contribution in [0.15, 0.2) is 170 Å². The van der Waals surface area contributed by atoms with Gasteiger partial charge in [-0.1, -0.05) is 143 Å². The van der Waals surface area contributed by atoms with Crippen LogP contribution in [0.4, 0.5) is 0 Å². The molecule has 2 nitrogen and oxygen atoms in total. The Labute approximate surface area is 328 Å². The number of aromatic nitrogens is 2. The van der Waals surface area contributed by atoms with Crippen LogP contribution in [0, 0.1) is 0 Å². The standard InChI is InChI=1S/C54H44N2/c1-53(2)28-29-54(3,4)47-33-49-44(32-46(47)53)43-31-45-51(34-50(43)55(49)38-20-9-6-10-21-38)56(48-27-26-36-18-11-12-25-42(36)52(45)48)39-22-15-19-37(30-39)41-24-14-13-23-40(41)35-16-7-5-8-17-35/h5-27,30-34H,28-29H2,1-4H3. The fourth-order valence-corrected chi connectivity index (χ4v) is 9.91. The van der Waals surface area contributed by atoms with Crippen molar-refractivity contribution in [3.63, 3.8) is 0 Å². The summed E-state index contributed by atoms with van der Waals surface area (Å²) in [5, 5.41) is 7.76. The van der Waals surface area contributed by atoms with E-state index in [9.17, 15) is 0 Å². The van der Waals surface area contributed by atoms with Crippen LogP contribution in [0.3, 0.4) is 0 Å². The zero-order valence-corrected chi connectivity index (χ0v) is 32.5. The summed E-state index contributed by atoms with van der Waals surface area (Å²) in [6.45, 7) is 9.74. The fourth-order valence-electron chi connectivity index (χ4n) is 9.91. The Morgan fingerprint density at radius 3 is 1.70 bits per heavy atom. The van der Waals surface area contributed by atoms with E-state index >= 15 is 0 Å². The molecule has 1 aliphatic rings. The van der Waals surface area contributed by atoms with Gasteiger partial charge in [0.15, 0.2) is 0 Å². The lowest BCUT2D eigenvalue weighted by molar-refractivity contribution is 0.332. The number of hydrogen-bond acceptors (Lipinski definition) is 0. The molecule has 2 aromatic heterocycles. The van der Waals surface area contributed by atoms with Crippen LogP contribution in [0.1, 0.15) is 51.7 Å². The normalized spacial score (nSPS) is 14.9. The lowest BCUT2D eigenvalue weighted by Gasteiger charge is -2.42. The van der Waals surface area contributed by atoms with Gasteiger partial charge < -0.3 is 9.13 Å². The first-order valence-corrected chi connectivity index (χ1v) is 20.1. The molecule has 270 valence electrons. The molecule has 1 aliphatic carbocycles. The number of benzene rings is 8. The molecule has 0 atom stereocenters. The number of fused-ring (bicyclic) bond motifs is 9. The lowest BCUT2D eigenvalue weighted by Crippen LogP contribution is -2.33. The maximum Gasteiger partial charge on any atom is 0.0562 e. The van der Waals surface area contributed by atoms with Crippen molar-refractivity contribution in [1.82, 2.24) is 9.13 Å². The van der Waals surface area contributed by atoms with Crippen molar-refractivity contribution >= 4 is 54.4 Å². The molecule has 0 radical (unpaired) electrons. The third kappa shape index (κ3) is 4.88. The van der Waals surface area contributed by atoms with Crippen LogP contribution >= 0.6 is 0 Å². The van der Waals surface area contributed by atoms with Crippen LogP contribution in [-0.4, -0.2) is 9.13 Å². The molecule has 0 bridgehead atoms. The minimum absolute atomic E-state index is 0.109. The topological polar surface area (TPSA) is 9.86 Å². The summed E-state index contributed by atoms with van der Waals surface area (Å²) in [6, 6.07) is 63.2. The molecule has 0 saturated carbocycles. The quantitative estimate of drug-likeness (QED) is 0.171. The molecular formula is C54H44N2. The molecule has 0 N–H and O–H groups in total. The summed E-state index contributed by atoms with van der Waals surface area (Å²) >= 11 is 0. The largest absolute Gasteiger partial charge is 0.309 e. The van der Waals surface area contributed by atoms with E-state index in [-0.39, 0.29) is 10.8 Å². The van der Waals surface area contributed by atoms with Crippen LogP contribution in [0.5, 0.6) is 0 Å². The van der Waals surface area contributed by atoms with Gasteiger partial charge in [-0.05, 0) is 122 Å². The van der Waals surface area contributed by atoms with Gasteiger partial charge in [-0.15, -0.1) is 0 Å². The highest BCUT2D eigenvalue weighted by molar-refractivity contribution is 6.25. The van der Waals surface area contributed by atoms with Gasteiger partial charge in [-0.3, -0.25) is 0 Å². The Hall–Kier alpha value is -6.38. The highest BCUT2D eigenvalue weighted by Crippen LogP contribution is 2.49. The second kappa shape index (κ2) is 12.1. The number of rotatable bonds is 4. The molecular weight excluding hydrogens is 677 g/mol. The molecule has 0 spiro atoms. The fraction of sp³-hybridized carbons (Fsp3) is 0.148. The molecule has 10 aromatic rings. The van der Waals surface area contributed by atoms with Gasteiger partial charge in [0, 0.05) is 32.9 Å². The van der Waals surface area contributed by atoms with Gasteiger partial charge in [0.2, 0.25) is 0 Å². The van der Waals surface area contributed by atoms with Crippen LogP contribution in [-0.2, 0) is 10.8 Å². The van der Waals surface area contributed by atoms with Crippen molar-refractivity contribution in [2.45, 2.75) is 51.4 Å². The molecule has 56 heavy (non-hydrogen) atoms. The molecule has 0 amide bonds. The highest BCUT2D eigenvalue weighted by Gasteiger charge is 2.38. The number of nitrogens with zero attached hydrogens (tertiary/aromatic N) is 2. The van der Waals surface area contributed by atoms with Gasteiger partial charge in [-0.25, -0.2) is 0 Å². The molecule has 2 heteroatoms. The van der Waals surface area contributed by atoms with Crippen molar-refractivity contribution in [2.75, 3.05) is 0 Å². The van der Waals surface area contributed by atoms with Gasteiger partial charge in [0.1, 0.15) is 0 Å². The van der Waals surface area contributed by atoms with E-state index in [1.165, 1.54) is 106 Å². The van der Waals surface area contributed by atoms with Gasteiger partial charge in [0.25, 0.3) is 0 Å². The molecule has 11 rings (SSSR count). The summed E-state index contributed by atoms with van der Waals surface area (Å²) in [7, 11) is 0. The van der Waals surface area contributed by atoms with Crippen molar-refractivity contribution in [1.29, 1.82) is 0 Å². The zero-order valence-electron chi connectivity index (χ0n) is 32.5. The Bertz CT molecular complexity index is 3170. The van der Waals surface area contributed by atoms with Crippen molar-refractivity contribution in [2.24, 2.45) is 0 Å². The number of para-hydroxylation sites is 1. The summed E-state index contributed by atoms with van der Waals surface area (Å²) in [5.41, 5.74) is 15.4. The van der Waals surface area contributed by atoms with E-state index in [2.05, 4.69) is 207 Å². The van der Waals surface area contributed by atoms with E-state index in [0.717, 1.165) is 5.69 Å². The maximum absolute atomic E-state index is 2.56. The van der Waals surface area contributed by atoms with Gasteiger partial charge >= 0.3 is 0 Å². The average Bonchev–Trinajstić information content (AvgIpc) is 3.73. The Kier molecular flexibility index (Phi) is 7.11. The van der Waals surface area contributed by atoms with E-state index in [0.29, 0.717) is 0 Å². The monoisotopic (exact) mass is 720 g/mol. The van der Waals surface area contributed by atoms with Crippen molar-refractivity contribution in [3.8, 4) is 33.6 Å². The second-order valence-electron chi connectivity index (χ2n) is 17.2. The maximum atomic E-state index is 2.56. The first-order chi connectivity index (χ1) is 27.3. The summed E-state index contributed by atoms with van der Waals surface area (Å²) < 4.78 is 5.03. The predicted octanol–water partition coefficient (Wildman–Crippen LogP) is 14.7. The first kappa shape index (κ1) is 33.0. The molecule has 0 saturated heterocycles. The minimum Gasteiger partial charge on any atom is -0.309 e. The Morgan fingerprint density at radius 2 is 0.929 bits per heavy atom. The van der Waals surface area contributed by atoms with Crippen LogP contribution < -0.4 is 0 Å². The summed E-state index contributed by atoms with van der Waals surface area (Å²) in [5.74, 6) is 0. The van der Waals surface area contributed by atoms with Crippen LogP contribution in [0.25, 0.3) is 88.0 Å². The molecule has 0 unspecified atom stereocenters. The second-order valence-corrected chi connectivity index (χ2v) is 17.2. The van der Waals surface area contributed by atoms with Gasteiger partial charge in [-0.2, -0.15) is 0 Å². The van der Waals surface area contributed by atoms with E-state index in [4.69, 9.17) is 0 Å². The van der Waals surface area contributed by atoms with Gasteiger partial charge in [0.05, 0.1) is 22.1 Å². The Balaban J connectivity index is 1.26. The minimum atomic E-state index is 0.109. The highest BCUT2D eigenvalue weighted by atomic mass is 15.0. The smallest absolute Gasteiger partial charge is 0.0562 e. The lowest BCUT2D eigenvalue weighted by atomic mass is 9.63. The molecule has 0 fully saturated rings. The predicted molar refractivity (Wildman–Crippen MR) is 239 cm³/mol. The molecule has 8 aromatic carbocycles. The Morgan fingerprint density at radius 1 is 0.375 bits per heavy atom. The molecule has 0 aliphatic heterocycles. The summed E-state index contributed by atoms with van der Waals surface area (Å²) in [4.78, 5) is 0. The third-order valence-corrected chi connectivity index (χ3v) is 13.0. The average molecular weight is 721 g/mol.